The Bertz CT molecular complexity index is 1240. The number of benzene rings is 1. The minimum atomic E-state index is -0.957. The van der Waals surface area contributed by atoms with E-state index < -0.39 is 12.0 Å². The van der Waals surface area contributed by atoms with Crippen molar-refractivity contribution in [1.29, 1.82) is 0 Å². The zero-order valence-electron chi connectivity index (χ0n) is 19.2. The van der Waals surface area contributed by atoms with Gasteiger partial charge < -0.3 is 20.1 Å². The maximum atomic E-state index is 15.3. The van der Waals surface area contributed by atoms with Crippen molar-refractivity contribution in [1.82, 2.24) is 25.3 Å². The van der Waals surface area contributed by atoms with Gasteiger partial charge in [-0.3, -0.25) is 4.98 Å². The number of rotatable bonds is 6. The number of phenolic OH excluding ortho intramolecular Hbond substituents is 1. The van der Waals surface area contributed by atoms with Crippen LogP contribution in [0.1, 0.15) is 32.1 Å². The lowest BCUT2D eigenvalue weighted by Crippen LogP contribution is -2.57. The largest absolute Gasteiger partial charge is 0.507 e. The van der Waals surface area contributed by atoms with Crippen LogP contribution < -0.4 is 15.0 Å². The highest BCUT2D eigenvalue weighted by Crippen LogP contribution is 2.40. The molecular formula is C25H26F2N6O2. The number of hydrogen-bond donors (Lipinski definition) is 2. The van der Waals surface area contributed by atoms with Crippen LogP contribution in [0.3, 0.4) is 0 Å². The summed E-state index contributed by atoms with van der Waals surface area (Å²) in [6, 6.07) is 4.30. The van der Waals surface area contributed by atoms with Gasteiger partial charge in [-0.1, -0.05) is 0 Å². The molecule has 0 amide bonds. The second kappa shape index (κ2) is 8.67. The van der Waals surface area contributed by atoms with E-state index in [-0.39, 0.29) is 46.6 Å². The van der Waals surface area contributed by atoms with E-state index in [4.69, 9.17) is 4.74 Å². The molecule has 2 N–H and O–H groups in total. The number of hydrogen-bond acceptors (Lipinski definition) is 8. The van der Waals surface area contributed by atoms with Crippen LogP contribution in [0.2, 0.25) is 0 Å². The topological polar surface area (TPSA) is 96.3 Å². The van der Waals surface area contributed by atoms with Crippen LogP contribution in [-0.2, 0) is 0 Å². The first-order chi connectivity index (χ1) is 17.0. The minimum absolute atomic E-state index is 0.0967. The van der Waals surface area contributed by atoms with Crippen LogP contribution in [0.5, 0.6) is 11.6 Å². The van der Waals surface area contributed by atoms with Crippen molar-refractivity contribution in [3.05, 3.63) is 42.7 Å². The number of phenols is 1. The lowest BCUT2D eigenvalue weighted by Gasteiger charge is -2.41. The minimum Gasteiger partial charge on any atom is -0.507 e. The molecule has 1 aliphatic carbocycles. The Hall–Kier alpha value is -3.40. The summed E-state index contributed by atoms with van der Waals surface area (Å²) in [4.78, 5) is 19.1. The fourth-order valence-corrected chi connectivity index (χ4v) is 5.38. The normalized spacial score (nSPS) is 25.5. The van der Waals surface area contributed by atoms with E-state index in [1.807, 2.05) is 0 Å². The van der Waals surface area contributed by atoms with Crippen molar-refractivity contribution in [2.75, 3.05) is 12.0 Å². The molecule has 2 unspecified atom stereocenters. The Balaban J connectivity index is 1.28. The van der Waals surface area contributed by atoms with Gasteiger partial charge in [0, 0.05) is 35.3 Å². The summed E-state index contributed by atoms with van der Waals surface area (Å²) in [5, 5.41) is 14.0. The number of nitrogens with zero attached hydrogens (tertiary/aromatic N) is 5. The number of fused-ring (bicyclic) bond motifs is 2. The molecule has 0 spiro atoms. The molecule has 0 radical (unpaired) electrons. The molecular weight excluding hydrogens is 454 g/mol. The summed E-state index contributed by atoms with van der Waals surface area (Å²) >= 11 is 0. The highest BCUT2D eigenvalue weighted by Gasteiger charge is 2.48. The molecule has 10 heteroatoms. The first-order valence-corrected chi connectivity index (χ1v) is 11.9. The van der Waals surface area contributed by atoms with Gasteiger partial charge in [0.1, 0.15) is 29.9 Å². The van der Waals surface area contributed by atoms with Crippen LogP contribution in [0.15, 0.2) is 36.9 Å². The fourth-order valence-electron chi connectivity index (χ4n) is 5.38. The second-order valence-corrected chi connectivity index (χ2v) is 9.49. The molecule has 1 saturated carbocycles. The van der Waals surface area contributed by atoms with Gasteiger partial charge in [-0.15, -0.1) is 0 Å². The first kappa shape index (κ1) is 22.1. The molecule has 3 fully saturated rings. The van der Waals surface area contributed by atoms with Crippen molar-refractivity contribution < 1.29 is 18.6 Å². The number of methoxy groups -OCH3 is 1. The average Bonchev–Trinajstić information content (AvgIpc) is 3.63. The van der Waals surface area contributed by atoms with Gasteiger partial charge in [0.25, 0.3) is 0 Å². The summed E-state index contributed by atoms with van der Waals surface area (Å²) in [5.74, 6) is 0.181. The summed E-state index contributed by atoms with van der Waals surface area (Å²) < 4.78 is 35.4. The maximum Gasteiger partial charge on any atom is 0.216 e. The SMILES string of the molecule is COc1cc(-c2cc(O)c(-c3cnc(N(C4CC4)[C@@H]4CC5CCC(N5)[C@@H]4F)cn3)cc2F)ncn1. The Morgan fingerprint density at radius 1 is 1.00 bits per heavy atom. The Labute approximate surface area is 201 Å². The smallest absolute Gasteiger partial charge is 0.216 e. The number of piperidine rings is 1. The number of alkyl halides is 1. The maximum absolute atomic E-state index is 15.3. The van der Waals surface area contributed by atoms with E-state index >= 15 is 8.78 Å². The molecule has 6 rings (SSSR count). The fraction of sp³-hybridized carbons (Fsp3) is 0.440. The van der Waals surface area contributed by atoms with E-state index in [9.17, 15) is 5.11 Å². The van der Waals surface area contributed by atoms with Gasteiger partial charge in [0.2, 0.25) is 5.88 Å². The molecule has 4 atom stereocenters. The van der Waals surface area contributed by atoms with Gasteiger partial charge in [-0.05, 0) is 44.2 Å². The molecule has 35 heavy (non-hydrogen) atoms. The molecule has 8 nitrogen and oxygen atoms in total. The first-order valence-electron chi connectivity index (χ1n) is 11.9. The number of ether oxygens (including phenoxy) is 1. The average molecular weight is 481 g/mol. The van der Waals surface area contributed by atoms with Crippen molar-refractivity contribution in [3.63, 3.8) is 0 Å². The van der Waals surface area contributed by atoms with E-state index in [1.54, 1.807) is 6.20 Å². The van der Waals surface area contributed by atoms with E-state index in [2.05, 4.69) is 30.2 Å². The van der Waals surface area contributed by atoms with Crippen LogP contribution in [0.4, 0.5) is 14.6 Å². The van der Waals surface area contributed by atoms with Crippen LogP contribution >= 0.6 is 0 Å². The summed E-state index contributed by atoms with van der Waals surface area (Å²) in [5.41, 5.74) is 0.947. The second-order valence-electron chi connectivity index (χ2n) is 9.49. The molecule has 2 aromatic heterocycles. The molecule has 182 valence electrons. The van der Waals surface area contributed by atoms with Gasteiger partial charge in [-0.25, -0.2) is 23.7 Å². The molecule has 1 aromatic carbocycles. The third-order valence-corrected chi connectivity index (χ3v) is 7.24. The zero-order chi connectivity index (χ0) is 24.1. The molecule has 2 saturated heterocycles. The Morgan fingerprint density at radius 3 is 2.60 bits per heavy atom. The molecule has 2 bridgehead atoms. The predicted octanol–water partition coefficient (Wildman–Crippen LogP) is 3.65. The Morgan fingerprint density at radius 2 is 1.86 bits per heavy atom. The van der Waals surface area contributed by atoms with Gasteiger partial charge >= 0.3 is 0 Å². The highest BCUT2D eigenvalue weighted by molar-refractivity contribution is 5.73. The number of anilines is 1. The van der Waals surface area contributed by atoms with Gasteiger partial charge in [-0.2, -0.15) is 0 Å². The van der Waals surface area contributed by atoms with Crippen molar-refractivity contribution in [2.24, 2.45) is 0 Å². The van der Waals surface area contributed by atoms with Crippen LogP contribution in [0.25, 0.3) is 22.5 Å². The summed E-state index contributed by atoms with van der Waals surface area (Å²) in [7, 11) is 1.46. The van der Waals surface area contributed by atoms with Crippen molar-refractivity contribution in [3.8, 4) is 34.1 Å². The van der Waals surface area contributed by atoms with E-state index in [0.29, 0.717) is 17.6 Å². The van der Waals surface area contributed by atoms with Crippen molar-refractivity contribution in [2.45, 2.75) is 62.4 Å². The third kappa shape index (κ3) is 4.05. The quantitative estimate of drug-likeness (QED) is 0.552. The van der Waals surface area contributed by atoms with Gasteiger partial charge in [0.15, 0.2) is 0 Å². The lowest BCUT2D eigenvalue weighted by atomic mass is 9.96. The zero-order valence-corrected chi connectivity index (χ0v) is 19.2. The van der Waals surface area contributed by atoms with E-state index in [0.717, 1.165) is 32.1 Å². The molecule has 3 aromatic rings. The monoisotopic (exact) mass is 480 g/mol. The molecule has 3 aliphatic rings. The highest BCUT2D eigenvalue weighted by atomic mass is 19.1. The van der Waals surface area contributed by atoms with Gasteiger partial charge in [0.05, 0.1) is 36.9 Å². The van der Waals surface area contributed by atoms with Crippen LogP contribution in [-0.4, -0.2) is 62.5 Å². The number of aromatic nitrogens is 4. The predicted molar refractivity (Wildman–Crippen MR) is 125 cm³/mol. The molecule has 2 aliphatic heterocycles. The van der Waals surface area contributed by atoms with Crippen LogP contribution in [0, 0.1) is 5.82 Å². The van der Waals surface area contributed by atoms with Crippen molar-refractivity contribution >= 4 is 5.82 Å². The number of halogens is 2. The lowest BCUT2D eigenvalue weighted by molar-refractivity contribution is 0.171. The Kier molecular flexibility index (Phi) is 5.47. The van der Waals surface area contributed by atoms with E-state index in [1.165, 1.54) is 37.8 Å². The standard InChI is InChI=1S/C25H26F2N6O2/c1-35-24-9-19(30-12-31-24)15-8-22(34)16(7-17(15)26)20-10-29-23(11-28-20)33(14-3-4-14)21-6-13-2-5-18(32-13)25(21)27/h7-14,18,21,25,32,34H,2-6H2,1H3/t13?,18?,21-,25+/m1/s1. The summed E-state index contributed by atoms with van der Waals surface area (Å²) in [6.45, 7) is 0. The third-order valence-electron chi connectivity index (χ3n) is 7.24. The number of aromatic hydroxyl groups is 1. The number of nitrogens with one attached hydrogen (secondary N) is 1. The molecule has 4 heterocycles. The summed E-state index contributed by atoms with van der Waals surface area (Å²) in [6.07, 6.45) is 8.07.